The molecule has 0 fully saturated rings. The van der Waals surface area contributed by atoms with Gasteiger partial charge in [0.1, 0.15) is 5.82 Å². The lowest BCUT2D eigenvalue weighted by molar-refractivity contribution is 0.0694. The molecule has 1 aromatic rings. The first-order chi connectivity index (χ1) is 6.46. The molecule has 1 aromatic carbocycles. The maximum atomic E-state index is 13.1. The van der Waals surface area contributed by atoms with Gasteiger partial charge in [0.15, 0.2) is 0 Å². The minimum atomic E-state index is -0.990. The third-order valence-corrected chi connectivity index (χ3v) is 2.93. The van der Waals surface area contributed by atoms with Crippen LogP contribution in [0.4, 0.5) is 4.39 Å². The molecule has 1 unspecified atom stereocenters. The minimum Gasteiger partial charge on any atom is -0.389 e. The van der Waals surface area contributed by atoms with Crippen molar-refractivity contribution >= 4 is 15.9 Å². The Balaban J connectivity index is 2.92. The van der Waals surface area contributed by atoms with Crippen LogP contribution >= 0.6 is 15.9 Å². The van der Waals surface area contributed by atoms with Gasteiger partial charge in [0, 0.05) is 13.0 Å². The Morgan fingerprint density at radius 1 is 1.57 bits per heavy atom. The molecule has 1 atom stereocenters. The molecule has 0 heterocycles. The molecular formula is C10H13BrFNO. The molecule has 14 heavy (non-hydrogen) atoms. The van der Waals surface area contributed by atoms with E-state index in [-0.39, 0.29) is 12.4 Å². The normalized spacial score (nSPS) is 15.2. The number of aliphatic hydroxyl groups is 1. The van der Waals surface area contributed by atoms with Crippen molar-refractivity contribution in [3.63, 3.8) is 0 Å². The van der Waals surface area contributed by atoms with Crippen LogP contribution in [0.1, 0.15) is 12.5 Å². The quantitative estimate of drug-likeness (QED) is 0.873. The third kappa shape index (κ3) is 2.77. The maximum Gasteiger partial charge on any atom is 0.137 e. The predicted molar refractivity (Wildman–Crippen MR) is 57.5 cm³/mol. The van der Waals surface area contributed by atoms with Crippen molar-refractivity contribution in [2.45, 2.75) is 18.9 Å². The number of halogens is 2. The second-order valence-corrected chi connectivity index (χ2v) is 4.38. The van der Waals surface area contributed by atoms with Gasteiger partial charge >= 0.3 is 0 Å². The monoisotopic (exact) mass is 261 g/mol. The van der Waals surface area contributed by atoms with Crippen LogP contribution in [-0.4, -0.2) is 17.3 Å². The molecule has 0 saturated carbocycles. The van der Waals surface area contributed by atoms with Gasteiger partial charge in [0.25, 0.3) is 0 Å². The Labute approximate surface area is 91.1 Å². The predicted octanol–water partition coefficient (Wildman–Crippen LogP) is 1.84. The van der Waals surface area contributed by atoms with E-state index in [0.717, 1.165) is 5.56 Å². The summed E-state index contributed by atoms with van der Waals surface area (Å²) in [4.78, 5) is 0. The molecular weight excluding hydrogens is 249 g/mol. The van der Waals surface area contributed by atoms with Crippen LogP contribution in [0.3, 0.4) is 0 Å². The zero-order valence-electron chi connectivity index (χ0n) is 7.93. The summed E-state index contributed by atoms with van der Waals surface area (Å²) in [7, 11) is 0. The summed E-state index contributed by atoms with van der Waals surface area (Å²) in [6.45, 7) is 1.78. The first-order valence-corrected chi connectivity index (χ1v) is 5.11. The van der Waals surface area contributed by atoms with E-state index in [1.165, 1.54) is 6.07 Å². The van der Waals surface area contributed by atoms with Crippen LogP contribution in [0.25, 0.3) is 0 Å². The molecule has 4 heteroatoms. The molecule has 0 radical (unpaired) electrons. The molecule has 0 aliphatic carbocycles. The van der Waals surface area contributed by atoms with E-state index < -0.39 is 5.60 Å². The minimum absolute atomic E-state index is 0.149. The first-order valence-electron chi connectivity index (χ1n) is 4.31. The summed E-state index contributed by atoms with van der Waals surface area (Å²) in [6.07, 6.45) is 0.335. The number of hydrogen-bond donors (Lipinski definition) is 2. The highest BCUT2D eigenvalue weighted by Gasteiger charge is 2.20. The van der Waals surface area contributed by atoms with Gasteiger partial charge in [-0.05, 0) is 34.5 Å². The van der Waals surface area contributed by atoms with Crippen LogP contribution in [0, 0.1) is 5.82 Å². The second-order valence-electron chi connectivity index (χ2n) is 3.59. The molecule has 0 amide bonds. The van der Waals surface area contributed by atoms with Gasteiger partial charge in [-0.25, -0.2) is 4.39 Å². The van der Waals surface area contributed by atoms with Crippen LogP contribution in [0.15, 0.2) is 22.7 Å². The zero-order chi connectivity index (χ0) is 10.8. The largest absolute Gasteiger partial charge is 0.389 e. The van der Waals surface area contributed by atoms with Crippen LogP contribution in [0.2, 0.25) is 0 Å². The van der Waals surface area contributed by atoms with Crippen molar-refractivity contribution in [3.8, 4) is 0 Å². The average Bonchev–Trinajstić information content (AvgIpc) is 2.13. The van der Waals surface area contributed by atoms with Gasteiger partial charge in [-0.2, -0.15) is 0 Å². The van der Waals surface area contributed by atoms with Gasteiger partial charge in [0.05, 0.1) is 10.1 Å². The lowest BCUT2D eigenvalue weighted by Gasteiger charge is -2.21. The fourth-order valence-electron chi connectivity index (χ4n) is 1.17. The highest BCUT2D eigenvalue weighted by molar-refractivity contribution is 9.10. The van der Waals surface area contributed by atoms with Crippen molar-refractivity contribution in [1.82, 2.24) is 0 Å². The van der Waals surface area contributed by atoms with Crippen molar-refractivity contribution in [3.05, 3.63) is 34.1 Å². The number of nitrogens with two attached hydrogens (primary N) is 1. The first kappa shape index (κ1) is 11.6. The van der Waals surface area contributed by atoms with Crippen molar-refractivity contribution in [1.29, 1.82) is 0 Å². The Morgan fingerprint density at radius 2 is 2.21 bits per heavy atom. The molecule has 0 aliphatic heterocycles. The SMILES string of the molecule is CC(O)(CN)Cc1cccc(F)c1Br. The maximum absolute atomic E-state index is 13.1. The highest BCUT2D eigenvalue weighted by Crippen LogP contribution is 2.23. The van der Waals surface area contributed by atoms with Crippen molar-refractivity contribution in [2.75, 3.05) is 6.54 Å². The van der Waals surface area contributed by atoms with E-state index >= 15 is 0 Å². The summed E-state index contributed by atoms with van der Waals surface area (Å²) >= 11 is 3.14. The molecule has 0 aliphatic rings. The molecule has 2 nitrogen and oxygen atoms in total. The van der Waals surface area contributed by atoms with Gasteiger partial charge in [-0.15, -0.1) is 0 Å². The van der Waals surface area contributed by atoms with Crippen LogP contribution < -0.4 is 5.73 Å². The van der Waals surface area contributed by atoms with E-state index in [9.17, 15) is 9.50 Å². The molecule has 0 bridgehead atoms. The molecule has 0 aromatic heterocycles. The molecule has 0 saturated heterocycles. The lowest BCUT2D eigenvalue weighted by atomic mass is 9.97. The molecule has 0 spiro atoms. The lowest BCUT2D eigenvalue weighted by Crippen LogP contribution is -2.36. The smallest absolute Gasteiger partial charge is 0.137 e. The van der Waals surface area contributed by atoms with E-state index in [1.54, 1.807) is 19.1 Å². The fourth-order valence-corrected chi connectivity index (χ4v) is 1.57. The van der Waals surface area contributed by atoms with Crippen molar-refractivity contribution in [2.24, 2.45) is 5.73 Å². The Kier molecular flexibility index (Phi) is 3.64. The van der Waals surface area contributed by atoms with E-state index in [0.29, 0.717) is 10.9 Å². The average molecular weight is 262 g/mol. The summed E-state index contributed by atoms with van der Waals surface area (Å²) in [5.41, 5.74) is 5.12. The van der Waals surface area contributed by atoms with Gasteiger partial charge < -0.3 is 10.8 Å². The van der Waals surface area contributed by atoms with E-state index in [1.807, 2.05) is 0 Å². The Morgan fingerprint density at radius 3 is 2.79 bits per heavy atom. The second kappa shape index (κ2) is 4.38. The van der Waals surface area contributed by atoms with Gasteiger partial charge in [-0.3, -0.25) is 0 Å². The summed E-state index contributed by atoms with van der Waals surface area (Å²) in [6, 6.07) is 4.74. The summed E-state index contributed by atoms with van der Waals surface area (Å²) < 4.78 is 13.5. The third-order valence-electron chi connectivity index (χ3n) is 2.04. The zero-order valence-corrected chi connectivity index (χ0v) is 9.51. The number of benzene rings is 1. The Hall–Kier alpha value is -0.450. The Bertz CT molecular complexity index is 328. The van der Waals surface area contributed by atoms with Crippen molar-refractivity contribution < 1.29 is 9.50 Å². The molecule has 78 valence electrons. The number of hydrogen-bond acceptors (Lipinski definition) is 2. The van der Waals surface area contributed by atoms with E-state index in [2.05, 4.69) is 15.9 Å². The highest BCUT2D eigenvalue weighted by atomic mass is 79.9. The van der Waals surface area contributed by atoms with Gasteiger partial charge in [0.2, 0.25) is 0 Å². The molecule has 1 rings (SSSR count). The molecule has 3 N–H and O–H groups in total. The van der Waals surface area contributed by atoms with Gasteiger partial charge in [-0.1, -0.05) is 12.1 Å². The summed E-state index contributed by atoms with van der Waals surface area (Å²) in [5, 5.41) is 9.72. The summed E-state index contributed by atoms with van der Waals surface area (Å²) in [5.74, 6) is -0.324. The van der Waals surface area contributed by atoms with E-state index in [4.69, 9.17) is 5.73 Å². The topological polar surface area (TPSA) is 46.2 Å². The number of rotatable bonds is 3. The van der Waals surface area contributed by atoms with Crippen LogP contribution in [0.5, 0.6) is 0 Å². The fraction of sp³-hybridized carbons (Fsp3) is 0.400. The standard InChI is InChI=1S/C10H13BrFNO/c1-10(14,6-13)5-7-3-2-4-8(12)9(7)11/h2-4,14H,5-6,13H2,1H3. The van der Waals surface area contributed by atoms with Crippen LogP contribution in [-0.2, 0) is 6.42 Å².